The van der Waals surface area contributed by atoms with Crippen LogP contribution in [0.25, 0.3) is 0 Å². The average Bonchev–Trinajstić information content (AvgIpc) is 2.18. The van der Waals surface area contributed by atoms with Gasteiger partial charge in [0.1, 0.15) is 6.29 Å². The smallest absolute Gasteiger partial charge is 0.233 e. The molecule has 1 aliphatic rings. The summed E-state index contributed by atoms with van der Waals surface area (Å²) in [5, 5.41) is 5.81. The van der Waals surface area contributed by atoms with Crippen molar-refractivity contribution in [3.8, 4) is 0 Å². The van der Waals surface area contributed by atoms with Crippen LogP contribution in [0.15, 0.2) is 0 Å². The number of amides is 1. The third kappa shape index (κ3) is 3.12. The normalized spacial score (nSPS) is 28.1. The van der Waals surface area contributed by atoms with Crippen molar-refractivity contribution in [3.63, 3.8) is 0 Å². The summed E-state index contributed by atoms with van der Waals surface area (Å²) < 4.78 is 0. The van der Waals surface area contributed by atoms with Crippen LogP contribution in [-0.2, 0) is 9.59 Å². The van der Waals surface area contributed by atoms with E-state index in [0.29, 0.717) is 6.42 Å². The molecule has 0 spiro atoms. The molecule has 1 amide bonds. The fourth-order valence-electron chi connectivity index (χ4n) is 1.47. The number of nitrogens with two attached hydrogens (primary N) is 1. The van der Waals surface area contributed by atoms with Gasteiger partial charge in [-0.1, -0.05) is 0 Å². The van der Waals surface area contributed by atoms with Gasteiger partial charge < -0.3 is 21.2 Å². The number of carbonyl (C=O) groups excluding carboxylic acids is 2. The van der Waals surface area contributed by atoms with Gasteiger partial charge in [0.15, 0.2) is 0 Å². The number of hydrogen-bond donors (Lipinski definition) is 3. The second-order valence-electron chi connectivity index (χ2n) is 3.19. The molecule has 5 heteroatoms. The number of hydrogen-bond acceptors (Lipinski definition) is 4. The highest BCUT2D eigenvalue weighted by Crippen LogP contribution is 2.06. The van der Waals surface area contributed by atoms with Gasteiger partial charge in [0.25, 0.3) is 0 Å². The molecular formula is C8H15N3O2. The molecule has 0 aromatic heterocycles. The topological polar surface area (TPSA) is 84.2 Å². The zero-order valence-electron chi connectivity index (χ0n) is 7.45. The van der Waals surface area contributed by atoms with E-state index in [9.17, 15) is 9.59 Å². The molecule has 0 aromatic rings. The minimum atomic E-state index is -0.156. The van der Waals surface area contributed by atoms with Gasteiger partial charge in [0.2, 0.25) is 5.91 Å². The van der Waals surface area contributed by atoms with Gasteiger partial charge in [-0.25, -0.2) is 0 Å². The van der Waals surface area contributed by atoms with Crippen LogP contribution < -0.4 is 16.4 Å². The van der Waals surface area contributed by atoms with Crippen LogP contribution in [0.4, 0.5) is 0 Å². The maximum atomic E-state index is 10.9. The maximum Gasteiger partial charge on any atom is 0.233 e. The fraction of sp³-hybridized carbons (Fsp3) is 0.750. The number of rotatable bonds is 3. The summed E-state index contributed by atoms with van der Waals surface area (Å²) in [6.45, 7) is 0.772. The Bertz CT molecular complexity index is 196. The van der Waals surface area contributed by atoms with Crippen molar-refractivity contribution in [1.82, 2.24) is 10.6 Å². The van der Waals surface area contributed by atoms with Gasteiger partial charge in [-0.3, -0.25) is 4.79 Å². The average molecular weight is 185 g/mol. The summed E-state index contributed by atoms with van der Waals surface area (Å²) in [6.07, 6.45) is 2.39. The van der Waals surface area contributed by atoms with Crippen LogP contribution in [0, 0.1) is 0 Å². The molecule has 1 saturated heterocycles. The lowest BCUT2D eigenvalue weighted by atomic mass is 10.0. The molecule has 74 valence electrons. The van der Waals surface area contributed by atoms with Crippen LogP contribution in [-0.4, -0.2) is 37.4 Å². The molecule has 5 nitrogen and oxygen atoms in total. The lowest BCUT2D eigenvalue weighted by Crippen LogP contribution is -2.49. The molecule has 0 bridgehead atoms. The second-order valence-corrected chi connectivity index (χ2v) is 3.19. The summed E-state index contributed by atoms with van der Waals surface area (Å²) in [5.74, 6) is -0.156. The van der Waals surface area contributed by atoms with Gasteiger partial charge in [0.05, 0.1) is 12.6 Å². The fourth-order valence-corrected chi connectivity index (χ4v) is 1.47. The van der Waals surface area contributed by atoms with E-state index < -0.39 is 0 Å². The van der Waals surface area contributed by atoms with Crippen LogP contribution in [0.5, 0.6) is 0 Å². The Labute approximate surface area is 77.1 Å². The third-order valence-electron chi connectivity index (χ3n) is 2.15. The molecule has 1 heterocycles. The summed E-state index contributed by atoms with van der Waals surface area (Å²) in [4.78, 5) is 21.4. The lowest BCUT2D eigenvalue weighted by molar-refractivity contribution is -0.121. The van der Waals surface area contributed by atoms with Gasteiger partial charge in [-0.2, -0.15) is 0 Å². The number of carbonyl (C=O) groups is 2. The monoisotopic (exact) mass is 185 g/mol. The van der Waals surface area contributed by atoms with Crippen molar-refractivity contribution in [2.45, 2.75) is 24.9 Å². The van der Waals surface area contributed by atoms with Crippen molar-refractivity contribution < 1.29 is 9.59 Å². The van der Waals surface area contributed by atoms with Crippen molar-refractivity contribution in [3.05, 3.63) is 0 Å². The zero-order valence-corrected chi connectivity index (χ0v) is 7.45. The van der Waals surface area contributed by atoms with Crippen LogP contribution in [0.1, 0.15) is 12.8 Å². The molecule has 1 fully saturated rings. The molecule has 0 radical (unpaired) electrons. The Morgan fingerprint density at radius 2 is 2.46 bits per heavy atom. The zero-order chi connectivity index (χ0) is 9.68. The lowest BCUT2D eigenvalue weighted by Gasteiger charge is -2.27. The summed E-state index contributed by atoms with van der Waals surface area (Å²) in [5.41, 5.74) is 5.16. The molecule has 2 atom stereocenters. The number of aldehydes is 1. The van der Waals surface area contributed by atoms with E-state index in [-0.39, 0.29) is 24.5 Å². The van der Waals surface area contributed by atoms with Crippen LogP contribution >= 0.6 is 0 Å². The highest BCUT2D eigenvalue weighted by Gasteiger charge is 2.21. The first kappa shape index (κ1) is 10.1. The molecule has 0 unspecified atom stereocenters. The Hall–Kier alpha value is -0.940. The van der Waals surface area contributed by atoms with Gasteiger partial charge in [-0.15, -0.1) is 0 Å². The Morgan fingerprint density at radius 1 is 1.69 bits per heavy atom. The quantitative estimate of drug-likeness (QED) is 0.461. The largest absolute Gasteiger partial charge is 0.352 e. The van der Waals surface area contributed by atoms with E-state index in [0.717, 1.165) is 19.3 Å². The minimum absolute atomic E-state index is 0.00961. The SMILES string of the molecule is NCC(=O)N[C@@H]1CCN[C@@H](C=O)C1. The van der Waals surface area contributed by atoms with Crippen LogP contribution in [0.3, 0.4) is 0 Å². The number of nitrogens with one attached hydrogen (secondary N) is 2. The van der Waals surface area contributed by atoms with Gasteiger partial charge in [-0.05, 0) is 19.4 Å². The Kier molecular flexibility index (Phi) is 3.85. The molecular weight excluding hydrogens is 170 g/mol. The first-order valence-electron chi connectivity index (χ1n) is 4.44. The highest BCUT2D eigenvalue weighted by atomic mass is 16.1. The summed E-state index contributed by atoms with van der Waals surface area (Å²) in [7, 11) is 0. The molecule has 0 saturated carbocycles. The summed E-state index contributed by atoms with van der Waals surface area (Å²) >= 11 is 0. The summed E-state index contributed by atoms with van der Waals surface area (Å²) in [6, 6.07) is -0.0377. The standard InChI is InChI=1S/C8H15N3O2/c9-4-8(13)11-6-1-2-10-7(3-6)5-12/h5-7,10H,1-4,9H2,(H,11,13)/t6-,7-/m1/s1. The molecule has 1 aliphatic heterocycles. The van der Waals surface area contributed by atoms with E-state index in [4.69, 9.17) is 5.73 Å². The third-order valence-corrected chi connectivity index (χ3v) is 2.15. The minimum Gasteiger partial charge on any atom is -0.352 e. The van der Waals surface area contributed by atoms with E-state index in [1.54, 1.807) is 0 Å². The molecule has 0 aliphatic carbocycles. The predicted molar refractivity (Wildman–Crippen MR) is 48.1 cm³/mol. The van der Waals surface area contributed by atoms with Crippen molar-refractivity contribution in [1.29, 1.82) is 0 Å². The van der Waals surface area contributed by atoms with E-state index in [1.165, 1.54) is 0 Å². The van der Waals surface area contributed by atoms with Crippen molar-refractivity contribution in [2.24, 2.45) is 5.73 Å². The predicted octanol–water partition coefficient (Wildman–Crippen LogP) is -1.62. The Balaban J connectivity index is 2.33. The first-order valence-corrected chi connectivity index (χ1v) is 4.44. The second kappa shape index (κ2) is 4.94. The van der Waals surface area contributed by atoms with E-state index in [2.05, 4.69) is 10.6 Å². The van der Waals surface area contributed by atoms with Crippen LogP contribution in [0.2, 0.25) is 0 Å². The number of piperidine rings is 1. The van der Waals surface area contributed by atoms with Gasteiger partial charge >= 0.3 is 0 Å². The Morgan fingerprint density at radius 3 is 3.08 bits per heavy atom. The van der Waals surface area contributed by atoms with E-state index in [1.807, 2.05) is 0 Å². The van der Waals surface area contributed by atoms with Crippen molar-refractivity contribution in [2.75, 3.05) is 13.1 Å². The first-order chi connectivity index (χ1) is 6.26. The van der Waals surface area contributed by atoms with Crippen molar-refractivity contribution >= 4 is 12.2 Å². The molecule has 4 N–H and O–H groups in total. The van der Waals surface area contributed by atoms with E-state index >= 15 is 0 Å². The van der Waals surface area contributed by atoms with Gasteiger partial charge in [0, 0.05) is 6.04 Å². The maximum absolute atomic E-state index is 10.9. The molecule has 13 heavy (non-hydrogen) atoms. The molecule has 1 rings (SSSR count). The molecule has 0 aromatic carbocycles. The highest BCUT2D eigenvalue weighted by molar-refractivity contribution is 5.78.